The number of methoxy groups -OCH3 is 1. The second kappa shape index (κ2) is 9.04. The van der Waals surface area contributed by atoms with Gasteiger partial charge in [-0.05, 0) is 24.6 Å². The van der Waals surface area contributed by atoms with E-state index in [9.17, 15) is 0 Å². The molecule has 2 aromatic heterocycles. The lowest BCUT2D eigenvalue weighted by atomic mass is 10.1. The van der Waals surface area contributed by atoms with Gasteiger partial charge in [0.25, 0.3) is 0 Å². The average molecular weight is 431 g/mol. The van der Waals surface area contributed by atoms with Crippen LogP contribution in [0.25, 0.3) is 21.5 Å². The lowest BCUT2D eigenvalue weighted by Gasteiger charge is -2.26. The third-order valence-electron chi connectivity index (χ3n) is 5.79. The van der Waals surface area contributed by atoms with Gasteiger partial charge in [-0.3, -0.25) is 9.88 Å². The van der Waals surface area contributed by atoms with E-state index in [-0.39, 0.29) is 0 Å². The van der Waals surface area contributed by atoms with Crippen molar-refractivity contribution in [1.29, 1.82) is 0 Å². The minimum atomic E-state index is 0.898. The minimum Gasteiger partial charge on any atom is -0.494 e. The summed E-state index contributed by atoms with van der Waals surface area (Å²) < 4.78 is 5.71. The lowest BCUT2D eigenvalue weighted by Crippen LogP contribution is -2.30. The summed E-state index contributed by atoms with van der Waals surface area (Å²) in [4.78, 5) is 15.6. The van der Waals surface area contributed by atoms with Gasteiger partial charge in [-0.2, -0.15) is 0 Å². The minimum absolute atomic E-state index is 0.898. The Kier molecular flexibility index (Phi) is 5.82. The first-order valence-electron chi connectivity index (χ1n) is 10.7. The van der Waals surface area contributed by atoms with Crippen molar-refractivity contribution >= 4 is 27.9 Å². The molecule has 0 amide bonds. The van der Waals surface area contributed by atoms with Crippen LogP contribution in [0, 0.1) is 0 Å². The van der Waals surface area contributed by atoms with Gasteiger partial charge >= 0.3 is 0 Å². The van der Waals surface area contributed by atoms with Crippen LogP contribution in [-0.2, 0) is 6.54 Å². The van der Waals surface area contributed by atoms with E-state index in [0.717, 1.165) is 66.5 Å². The Morgan fingerprint density at radius 1 is 0.935 bits per heavy atom. The first kappa shape index (κ1) is 20.0. The van der Waals surface area contributed by atoms with Gasteiger partial charge in [-0.25, -0.2) is 4.98 Å². The molecule has 0 N–H and O–H groups in total. The predicted octanol–water partition coefficient (Wildman–Crippen LogP) is 5.08. The Morgan fingerprint density at radius 3 is 2.71 bits per heavy atom. The van der Waals surface area contributed by atoms with Crippen LogP contribution in [0.4, 0.5) is 5.69 Å². The molecule has 2 aromatic carbocycles. The maximum atomic E-state index is 5.71. The Labute approximate surface area is 186 Å². The quantitative estimate of drug-likeness (QED) is 0.442. The summed E-state index contributed by atoms with van der Waals surface area (Å²) in [6.45, 7) is 4.99. The van der Waals surface area contributed by atoms with Crippen LogP contribution in [0.5, 0.6) is 5.75 Å². The Hall–Kier alpha value is -2.96. The number of benzene rings is 2. The summed E-state index contributed by atoms with van der Waals surface area (Å²) in [6.07, 6.45) is 5.01. The van der Waals surface area contributed by atoms with Gasteiger partial charge in [0.1, 0.15) is 16.4 Å². The number of nitrogens with zero attached hydrogens (tertiary/aromatic N) is 4. The molecule has 158 valence electrons. The number of thiazole rings is 1. The van der Waals surface area contributed by atoms with Crippen LogP contribution in [0.2, 0.25) is 0 Å². The normalized spacial score (nSPS) is 15.2. The summed E-state index contributed by atoms with van der Waals surface area (Å²) in [5.74, 6) is 0.898. The molecule has 0 radical (unpaired) electrons. The number of hydrogen-bond donors (Lipinski definition) is 0. The van der Waals surface area contributed by atoms with E-state index in [1.165, 1.54) is 10.4 Å². The maximum absolute atomic E-state index is 5.71. The van der Waals surface area contributed by atoms with Crippen LogP contribution < -0.4 is 9.64 Å². The van der Waals surface area contributed by atoms with Gasteiger partial charge in [0, 0.05) is 60.9 Å². The number of anilines is 1. The number of hydrogen-bond acceptors (Lipinski definition) is 6. The van der Waals surface area contributed by atoms with Crippen molar-refractivity contribution in [3.8, 4) is 16.3 Å². The van der Waals surface area contributed by atoms with Crippen LogP contribution in [0.3, 0.4) is 0 Å². The molecule has 5 rings (SSSR count). The molecule has 0 bridgehead atoms. The van der Waals surface area contributed by atoms with E-state index in [4.69, 9.17) is 4.74 Å². The highest BCUT2D eigenvalue weighted by Gasteiger charge is 2.21. The first-order valence-corrected chi connectivity index (χ1v) is 11.5. The van der Waals surface area contributed by atoms with Gasteiger partial charge in [-0.1, -0.05) is 36.4 Å². The molecule has 1 aliphatic rings. The second-order valence-electron chi connectivity index (χ2n) is 7.81. The van der Waals surface area contributed by atoms with Crippen LogP contribution in [0.1, 0.15) is 11.3 Å². The van der Waals surface area contributed by atoms with Gasteiger partial charge in [-0.15, -0.1) is 11.3 Å². The molecule has 6 heteroatoms. The Bertz CT molecular complexity index is 1160. The van der Waals surface area contributed by atoms with Crippen molar-refractivity contribution in [2.24, 2.45) is 0 Å². The van der Waals surface area contributed by atoms with Crippen molar-refractivity contribution in [1.82, 2.24) is 14.9 Å². The topological polar surface area (TPSA) is 41.5 Å². The molecule has 0 spiro atoms. The van der Waals surface area contributed by atoms with Gasteiger partial charge in [0.15, 0.2) is 0 Å². The van der Waals surface area contributed by atoms with Crippen molar-refractivity contribution in [3.05, 3.63) is 71.9 Å². The molecular formula is C25H26N4OS. The molecular weight excluding hydrogens is 404 g/mol. The van der Waals surface area contributed by atoms with Crippen molar-refractivity contribution < 1.29 is 4.74 Å². The lowest BCUT2D eigenvalue weighted by molar-refractivity contribution is 0.288. The summed E-state index contributed by atoms with van der Waals surface area (Å²) in [7, 11) is 1.74. The Morgan fingerprint density at radius 2 is 1.84 bits per heavy atom. The maximum Gasteiger partial charge on any atom is 0.144 e. The zero-order chi connectivity index (χ0) is 21.0. The fourth-order valence-corrected chi connectivity index (χ4v) is 5.21. The van der Waals surface area contributed by atoms with Crippen molar-refractivity contribution in [3.63, 3.8) is 0 Å². The molecule has 31 heavy (non-hydrogen) atoms. The highest BCUT2D eigenvalue weighted by atomic mass is 32.1. The zero-order valence-electron chi connectivity index (χ0n) is 17.7. The molecule has 3 heterocycles. The molecule has 1 fully saturated rings. The third-order valence-corrected chi connectivity index (χ3v) is 6.82. The molecule has 5 nitrogen and oxygen atoms in total. The molecule has 0 aliphatic carbocycles. The fourth-order valence-electron chi connectivity index (χ4n) is 4.25. The highest BCUT2D eigenvalue weighted by molar-refractivity contribution is 7.15. The predicted molar refractivity (Wildman–Crippen MR) is 128 cm³/mol. The molecule has 1 aliphatic heterocycles. The van der Waals surface area contributed by atoms with Gasteiger partial charge in [0.05, 0.1) is 12.6 Å². The average Bonchev–Trinajstić information content (AvgIpc) is 3.17. The number of aromatic nitrogens is 2. The standard InChI is InChI=1S/C25H26N4OS/c1-30-22-11-10-19-9-5-12-26-23(19)24(22)29-14-6-13-28(15-16-29)18-21-17-27-25(31-21)20-7-3-2-4-8-20/h2-5,7-12,17H,6,13-16,18H2,1H3. The number of pyridine rings is 1. The van der Waals surface area contributed by atoms with E-state index >= 15 is 0 Å². The van der Waals surface area contributed by atoms with Crippen LogP contribution >= 0.6 is 11.3 Å². The van der Waals surface area contributed by atoms with Crippen LogP contribution in [0.15, 0.2) is 67.0 Å². The van der Waals surface area contributed by atoms with E-state index in [1.807, 2.05) is 24.5 Å². The van der Waals surface area contributed by atoms with Gasteiger partial charge < -0.3 is 9.64 Å². The number of rotatable bonds is 5. The van der Waals surface area contributed by atoms with E-state index in [0.29, 0.717) is 0 Å². The molecule has 0 atom stereocenters. The summed E-state index contributed by atoms with van der Waals surface area (Å²) >= 11 is 1.80. The Balaban J connectivity index is 1.31. The molecule has 0 saturated carbocycles. The van der Waals surface area contributed by atoms with Crippen molar-refractivity contribution in [2.45, 2.75) is 13.0 Å². The number of fused-ring (bicyclic) bond motifs is 1. The highest BCUT2D eigenvalue weighted by Crippen LogP contribution is 2.35. The monoisotopic (exact) mass is 430 g/mol. The van der Waals surface area contributed by atoms with E-state index in [2.05, 4.69) is 62.2 Å². The van der Waals surface area contributed by atoms with Gasteiger partial charge in [0.2, 0.25) is 0 Å². The summed E-state index contributed by atoms with van der Waals surface area (Å²) in [5, 5.41) is 2.25. The van der Waals surface area contributed by atoms with E-state index in [1.54, 1.807) is 18.4 Å². The first-order chi connectivity index (χ1) is 15.3. The SMILES string of the molecule is COc1ccc2cccnc2c1N1CCCN(Cc2cnc(-c3ccccc3)s2)CC1. The van der Waals surface area contributed by atoms with Crippen molar-refractivity contribution in [2.75, 3.05) is 38.2 Å². The fraction of sp³-hybridized carbons (Fsp3) is 0.280. The molecule has 0 unspecified atom stereocenters. The third kappa shape index (κ3) is 4.27. The molecule has 1 saturated heterocycles. The molecule has 4 aromatic rings. The van der Waals surface area contributed by atoms with Crippen LogP contribution in [-0.4, -0.2) is 48.2 Å². The smallest absolute Gasteiger partial charge is 0.144 e. The summed E-state index contributed by atoms with van der Waals surface area (Å²) in [5.41, 5.74) is 3.33. The number of ether oxygens (including phenoxy) is 1. The van der Waals surface area contributed by atoms with E-state index < -0.39 is 0 Å². The second-order valence-corrected chi connectivity index (χ2v) is 8.92. The summed E-state index contributed by atoms with van der Waals surface area (Å²) in [6, 6.07) is 18.7. The zero-order valence-corrected chi connectivity index (χ0v) is 18.5. The largest absolute Gasteiger partial charge is 0.494 e.